The molecule has 3 aromatic rings. The highest BCUT2D eigenvalue weighted by Crippen LogP contribution is 2.39. The number of fused-ring (bicyclic) bond motifs is 1. The maximum absolute atomic E-state index is 13.7. The molecular formula is C24H26N2O5S. The molecular weight excluding hydrogens is 428 g/mol. The molecule has 2 unspecified atom stereocenters. The largest absolute Gasteiger partial charge is 0.486 e. The number of benzene rings is 2. The van der Waals surface area contributed by atoms with Gasteiger partial charge >= 0.3 is 0 Å². The van der Waals surface area contributed by atoms with E-state index in [0.717, 1.165) is 25.1 Å². The fourth-order valence-electron chi connectivity index (χ4n) is 4.51. The first-order valence-electron chi connectivity index (χ1n) is 10.9. The number of hydrogen-bond acceptors (Lipinski definition) is 7. The standard InChI is InChI=1S/C24H26N2O5S/c1-16-12-17(2)15-26(14-16)24-23(25-22(31-24)18-6-4-3-5-7-18)32(27,28)19-8-9-20-21(13-19)30-11-10-29-20/h3-9,13,16-17H,10-12,14-15H2,1-2H3. The first kappa shape index (κ1) is 20.9. The van der Waals surface area contributed by atoms with Crippen molar-refractivity contribution in [2.45, 2.75) is 30.2 Å². The topological polar surface area (TPSA) is 81.9 Å². The van der Waals surface area contributed by atoms with Crippen molar-refractivity contribution in [1.29, 1.82) is 0 Å². The second kappa shape index (κ2) is 8.16. The number of sulfone groups is 1. The van der Waals surface area contributed by atoms with Crippen LogP contribution in [0.5, 0.6) is 11.5 Å². The maximum atomic E-state index is 13.7. The molecule has 7 nitrogen and oxygen atoms in total. The summed E-state index contributed by atoms with van der Waals surface area (Å²) < 4.78 is 44.8. The molecule has 0 radical (unpaired) electrons. The van der Waals surface area contributed by atoms with Gasteiger partial charge in [0, 0.05) is 24.7 Å². The normalized spacial score (nSPS) is 20.9. The fourth-order valence-corrected chi connectivity index (χ4v) is 5.84. The van der Waals surface area contributed by atoms with Crippen LogP contribution in [0.25, 0.3) is 11.5 Å². The van der Waals surface area contributed by atoms with Crippen LogP contribution in [0.4, 0.5) is 5.88 Å². The Labute approximate surface area is 187 Å². The molecule has 0 saturated carbocycles. The second-order valence-corrected chi connectivity index (χ2v) is 10.5. The second-order valence-electron chi connectivity index (χ2n) is 8.66. The number of nitrogens with zero attached hydrogens (tertiary/aromatic N) is 2. The van der Waals surface area contributed by atoms with Crippen molar-refractivity contribution in [3.63, 3.8) is 0 Å². The SMILES string of the molecule is CC1CC(C)CN(c2oc(-c3ccccc3)nc2S(=O)(=O)c2ccc3c(c2)OCCO3)C1. The van der Waals surface area contributed by atoms with Crippen molar-refractivity contribution < 1.29 is 22.3 Å². The monoisotopic (exact) mass is 454 g/mol. The van der Waals surface area contributed by atoms with Crippen LogP contribution >= 0.6 is 0 Å². The summed E-state index contributed by atoms with van der Waals surface area (Å²) in [6.07, 6.45) is 1.10. The van der Waals surface area contributed by atoms with E-state index in [1.807, 2.05) is 35.2 Å². The van der Waals surface area contributed by atoms with Crippen LogP contribution in [0.3, 0.4) is 0 Å². The van der Waals surface area contributed by atoms with Gasteiger partial charge in [-0.1, -0.05) is 32.0 Å². The van der Waals surface area contributed by atoms with Crippen molar-refractivity contribution in [3.05, 3.63) is 48.5 Å². The van der Waals surface area contributed by atoms with Gasteiger partial charge in [-0.05, 0) is 42.5 Å². The molecule has 2 aliphatic rings. The number of hydrogen-bond donors (Lipinski definition) is 0. The van der Waals surface area contributed by atoms with Crippen LogP contribution in [-0.4, -0.2) is 39.7 Å². The summed E-state index contributed by atoms with van der Waals surface area (Å²) >= 11 is 0. The first-order valence-corrected chi connectivity index (χ1v) is 12.4. The van der Waals surface area contributed by atoms with Gasteiger partial charge in [-0.2, -0.15) is 4.98 Å². The Morgan fingerprint density at radius 3 is 2.34 bits per heavy atom. The summed E-state index contributed by atoms with van der Waals surface area (Å²) in [6.45, 7) is 6.61. The molecule has 5 rings (SSSR count). The van der Waals surface area contributed by atoms with E-state index in [0.29, 0.717) is 48.3 Å². The smallest absolute Gasteiger partial charge is 0.236 e. The van der Waals surface area contributed by atoms with Gasteiger partial charge in [-0.15, -0.1) is 0 Å². The highest BCUT2D eigenvalue weighted by atomic mass is 32.2. The number of oxazole rings is 1. The summed E-state index contributed by atoms with van der Waals surface area (Å²) in [5, 5.41) is -0.0608. The summed E-state index contributed by atoms with van der Waals surface area (Å²) in [6, 6.07) is 14.0. The number of rotatable bonds is 4. The van der Waals surface area contributed by atoms with Gasteiger partial charge in [0.05, 0.1) is 4.90 Å². The van der Waals surface area contributed by atoms with Crippen LogP contribution in [0.15, 0.2) is 62.9 Å². The molecule has 2 atom stereocenters. The third-order valence-corrected chi connectivity index (χ3v) is 7.48. The Hall–Kier alpha value is -3.00. The summed E-state index contributed by atoms with van der Waals surface area (Å²) in [7, 11) is -3.96. The molecule has 0 amide bonds. The lowest BCUT2D eigenvalue weighted by Gasteiger charge is -2.34. The minimum Gasteiger partial charge on any atom is -0.486 e. The highest BCUT2D eigenvalue weighted by Gasteiger charge is 2.34. The van der Waals surface area contributed by atoms with Gasteiger partial charge in [0.2, 0.25) is 26.6 Å². The zero-order chi connectivity index (χ0) is 22.3. The average Bonchev–Trinajstić information content (AvgIpc) is 3.25. The van der Waals surface area contributed by atoms with Gasteiger partial charge in [-0.3, -0.25) is 0 Å². The fraction of sp³-hybridized carbons (Fsp3) is 0.375. The third-order valence-electron chi connectivity index (χ3n) is 5.83. The van der Waals surface area contributed by atoms with Crippen molar-refractivity contribution in [3.8, 4) is 23.0 Å². The summed E-state index contributed by atoms with van der Waals surface area (Å²) in [5.74, 6) is 2.41. The van der Waals surface area contributed by atoms with Crippen molar-refractivity contribution in [2.75, 3.05) is 31.2 Å². The van der Waals surface area contributed by atoms with Crippen molar-refractivity contribution in [2.24, 2.45) is 11.8 Å². The third kappa shape index (κ3) is 3.83. The van der Waals surface area contributed by atoms with E-state index in [9.17, 15) is 8.42 Å². The van der Waals surface area contributed by atoms with E-state index in [1.165, 1.54) is 12.1 Å². The molecule has 2 aromatic carbocycles. The molecule has 0 N–H and O–H groups in total. The van der Waals surface area contributed by atoms with E-state index in [4.69, 9.17) is 13.9 Å². The minimum atomic E-state index is -3.96. The van der Waals surface area contributed by atoms with Gasteiger partial charge in [-0.25, -0.2) is 8.42 Å². The molecule has 32 heavy (non-hydrogen) atoms. The number of piperidine rings is 1. The molecule has 0 aliphatic carbocycles. The van der Waals surface area contributed by atoms with Crippen LogP contribution in [-0.2, 0) is 9.84 Å². The van der Waals surface area contributed by atoms with E-state index in [-0.39, 0.29) is 9.92 Å². The molecule has 0 spiro atoms. The van der Waals surface area contributed by atoms with E-state index in [1.54, 1.807) is 6.07 Å². The predicted octanol–water partition coefficient (Wildman–Crippen LogP) is 4.43. The zero-order valence-corrected chi connectivity index (χ0v) is 19.0. The lowest BCUT2D eigenvalue weighted by molar-refractivity contribution is 0.171. The van der Waals surface area contributed by atoms with Crippen LogP contribution in [0, 0.1) is 11.8 Å². The van der Waals surface area contributed by atoms with Gasteiger partial charge in [0.25, 0.3) is 0 Å². The van der Waals surface area contributed by atoms with E-state index >= 15 is 0 Å². The van der Waals surface area contributed by atoms with E-state index < -0.39 is 9.84 Å². The van der Waals surface area contributed by atoms with Gasteiger partial charge < -0.3 is 18.8 Å². The average molecular weight is 455 g/mol. The summed E-state index contributed by atoms with van der Waals surface area (Å²) in [4.78, 5) is 6.62. The Bertz CT molecular complexity index is 1210. The Balaban J connectivity index is 1.62. The van der Waals surface area contributed by atoms with Crippen LogP contribution < -0.4 is 14.4 Å². The lowest BCUT2D eigenvalue weighted by Crippen LogP contribution is -2.39. The lowest BCUT2D eigenvalue weighted by atomic mass is 9.92. The molecule has 0 bridgehead atoms. The Kier molecular flexibility index (Phi) is 5.33. The van der Waals surface area contributed by atoms with Crippen LogP contribution in [0.1, 0.15) is 20.3 Å². The predicted molar refractivity (Wildman–Crippen MR) is 120 cm³/mol. The van der Waals surface area contributed by atoms with Gasteiger partial charge in [0.1, 0.15) is 13.2 Å². The Morgan fingerprint density at radius 1 is 0.938 bits per heavy atom. The minimum absolute atomic E-state index is 0.0608. The van der Waals surface area contributed by atoms with Crippen LogP contribution in [0.2, 0.25) is 0 Å². The summed E-state index contributed by atoms with van der Waals surface area (Å²) in [5.41, 5.74) is 0.732. The number of anilines is 1. The number of aromatic nitrogens is 1. The molecule has 1 aromatic heterocycles. The quantitative estimate of drug-likeness (QED) is 0.577. The zero-order valence-electron chi connectivity index (χ0n) is 18.2. The molecule has 2 aliphatic heterocycles. The highest BCUT2D eigenvalue weighted by molar-refractivity contribution is 7.91. The maximum Gasteiger partial charge on any atom is 0.236 e. The molecule has 8 heteroatoms. The number of ether oxygens (including phenoxy) is 2. The Morgan fingerprint density at radius 2 is 1.62 bits per heavy atom. The van der Waals surface area contributed by atoms with Crippen molar-refractivity contribution >= 4 is 15.7 Å². The van der Waals surface area contributed by atoms with E-state index in [2.05, 4.69) is 18.8 Å². The molecule has 3 heterocycles. The molecule has 1 saturated heterocycles. The molecule has 168 valence electrons. The van der Waals surface area contributed by atoms with Crippen molar-refractivity contribution in [1.82, 2.24) is 4.98 Å². The first-order chi connectivity index (χ1) is 15.4. The van der Waals surface area contributed by atoms with Gasteiger partial charge in [0.15, 0.2) is 11.5 Å². The molecule has 1 fully saturated rings.